The summed E-state index contributed by atoms with van der Waals surface area (Å²) in [5, 5.41) is 9.62. The zero-order valence-electron chi connectivity index (χ0n) is 9.18. The maximum absolute atomic E-state index is 8.75. The van der Waals surface area contributed by atoms with Gasteiger partial charge in [0.2, 0.25) is 0 Å². The molecule has 2 aromatic heterocycles. The topological polar surface area (TPSA) is 78.2 Å². The van der Waals surface area contributed by atoms with E-state index >= 15 is 0 Å². The first kappa shape index (κ1) is 10.5. The SMILES string of the molecule is N#CCC1(CSc2nc3ncncc3[nH]2)CC1. The summed E-state index contributed by atoms with van der Waals surface area (Å²) >= 11 is 1.67. The Morgan fingerprint density at radius 2 is 2.41 bits per heavy atom. The molecule has 0 radical (unpaired) electrons. The average molecular weight is 245 g/mol. The van der Waals surface area contributed by atoms with Gasteiger partial charge in [-0.2, -0.15) is 5.26 Å². The maximum atomic E-state index is 8.75. The molecule has 0 bridgehead atoms. The lowest BCUT2D eigenvalue weighted by molar-refractivity contribution is 0.603. The first-order valence-corrected chi connectivity index (χ1v) is 6.45. The Kier molecular flexibility index (Phi) is 2.48. The predicted molar refractivity (Wildman–Crippen MR) is 64.3 cm³/mol. The second kappa shape index (κ2) is 4.00. The van der Waals surface area contributed by atoms with Crippen LogP contribution in [0, 0.1) is 16.7 Å². The van der Waals surface area contributed by atoms with Crippen LogP contribution in [0.25, 0.3) is 11.2 Å². The number of aromatic nitrogens is 4. The molecule has 2 heterocycles. The van der Waals surface area contributed by atoms with Gasteiger partial charge in [-0.1, -0.05) is 11.8 Å². The van der Waals surface area contributed by atoms with E-state index in [1.165, 1.54) is 6.33 Å². The normalized spacial score (nSPS) is 16.9. The minimum absolute atomic E-state index is 0.240. The van der Waals surface area contributed by atoms with Crippen LogP contribution < -0.4 is 0 Å². The molecule has 1 aliphatic rings. The minimum atomic E-state index is 0.240. The number of nitriles is 1. The summed E-state index contributed by atoms with van der Waals surface area (Å²) in [5.74, 6) is 0.952. The Labute approximate surface area is 103 Å². The van der Waals surface area contributed by atoms with E-state index in [0.717, 1.165) is 29.3 Å². The fraction of sp³-hybridized carbons (Fsp3) is 0.455. The molecule has 6 heteroatoms. The van der Waals surface area contributed by atoms with Crippen LogP contribution in [0.3, 0.4) is 0 Å². The molecule has 17 heavy (non-hydrogen) atoms. The number of thioether (sulfide) groups is 1. The second-order valence-electron chi connectivity index (χ2n) is 4.43. The maximum Gasteiger partial charge on any atom is 0.181 e. The van der Waals surface area contributed by atoms with Crippen molar-refractivity contribution in [3.8, 4) is 6.07 Å². The van der Waals surface area contributed by atoms with Crippen molar-refractivity contribution in [2.45, 2.75) is 24.4 Å². The summed E-state index contributed by atoms with van der Waals surface area (Å²) in [7, 11) is 0. The van der Waals surface area contributed by atoms with E-state index in [2.05, 4.69) is 26.0 Å². The lowest BCUT2D eigenvalue weighted by Crippen LogP contribution is -2.02. The highest BCUT2D eigenvalue weighted by Crippen LogP contribution is 2.51. The molecule has 0 unspecified atom stereocenters. The third-order valence-corrected chi connectivity index (χ3v) is 4.29. The number of H-pyrrole nitrogens is 1. The van der Waals surface area contributed by atoms with Gasteiger partial charge in [0.1, 0.15) is 11.8 Å². The number of hydrogen-bond acceptors (Lipinski definition) is 5. The molecule has 1 aliphatic carbocycles. The number of fused-ring (bicyclic) bond motifs is 1. The molecule has 1 N–H and O–H groups in total. The fourth-order valence-corrected chi connectivity index (χ4v) is 2.91. The number of aromatic amines is 1. The molecule has 1 saturated carbocycles. The van der Waals surface area contributed by atoms with Crippen molar-refractivity contribution in [3.63, 3.8) is 0 Å². The average Bonchev–Trinajstić information content (AvgIpc) is 2.98. The Balaban J connectivity index is 1.71. The van der Waals surface area contributed by atoms with E-state index in [1.807, 2.05) is 0 Å². The van der Waals surface area contributed by atoms with Crippen LogP contribution in [-0.2, 0) is 0 Å². The zero-order chi connectivity index (χ0) is 11.7. The largest absolute Gasteiger partial charge is 0.330 e. The summed E-state index contributed by atoms with van der Waals surface area (Å²) in [5.41, 5.74) is 1.80. The monoisotopic (exact) mass is 245 g/mol. The number of nitrogens with one attached hydrogen (secondary N) is 1. The quantitative estimate of drug-likeness (QED) is 0.835. The van der Waals surface area contributed by atoms with Crippen LogP contribution in [-0.4, -0.2) is 25.7 Å². The van der Waals surface area contributed by atoms with Gasteiger partial charge in [0.25, 0.3) is 0 Å². The van der Waals surface area contributed by atoms with Crippen LogP contribution in [0.2, 0.25) is 0 Å². The molecule has 0 atom stereocenters. The first-order valence-electron chi connectivity index (χ1n) is 5.47. The van der Waals surface area contributed by atoms with E-state index in [4.69, 9.17) is 5.26 Å². The van der Waals surface area contributed by atoms with Gasteiger partial charge < -0.3 is 4.98 Å². The zero-order valence-corrected chi connectivity index (χ0v) is 10.00. The lowest BCUT2D eigenvalue weighted by atomic mass is 10.1. The highest BCUT2D eigenvalue weighted by Gasteiger charge is 2.42. The summed E-state index contributed by atoms with van der Waals surface area (Å²) in [6.45, 7) is 0. The summed E-state index contributed by atoms with van der Waals surface area (Å²) in [6.07, 6.45) is 6.19. The van der Waals surface area contributed by atoms with Crippen LogP contribution >= 0.6 is 11.8 Å². The molecule has 1 fully saturated rings. The molecular weight excluding hydrogens is 234 g/mol. The summed E-state index contributed by atoms with van der Waals surface area (Å²) < 4.78 is 0. The highest BCUT2D eigenvalue weighted by atomic mass is 32.2. The van der Waals surface area contributed by atoms with Gasteiger partial charge in [0.05, 0.1) is 12.3 Å². The van der Waals surface area contributed by atoms with E-state index < -0.39 is 0 Å². The van der Waals surface area contributed by atoms with E-state index in [0.29, 0.717) is 12.1 Å². The van der Waals surface area contributed by atoms with Crippen LogP contribution in [0.15, 0.2) is 17.7 Å². The smallest absolute Gasteiger partial charge is 0.181 e. The lowest BCUT2D eigenvalue weighted by Gasteiger charge is -2.07. The molecule has 0 aliphatic heterocycles. The summed E-state index contributed by atoms with van der Waals surface area (Å²) in [6, 6.07) is 2.27. The predicted octanol–water partition coefficient (Wildman–Crippen LogP) is 2.14. The Morgan fingerprint density at radius 1 is 1.53 bits per heavy atom. The van der Waals surface area contributed by atoms with Crippen LogP contribution in [0.4, 0.5) is 0 Å². The van der Waals surface area contributed by atoms with Gasteiger partial charge >= 0.3 is 0 Å². The van der Waals surface area contributed by atoms with Crippen molar-refractivity contribution in [2.24, 2.45) is 5.41 Å². The minimum Gasteiger partial charge on any atom is -0.330 e. The number of nitrogens with zero attached hydrogens (tertiary/aromatic N) is 4. The molecular formula is C11H11N5S. The van der Waals surface area contributed by atoms with Crippen molar-refractivity contribution in [1.29, 1.82) is 5.26 Å². The molecule has 3 rings (SSSR count). The number of rotatable bonds is 4. The van der Waals surface area contributed by atoms with E-state index in [-0.39, 0.29) is 5.41 Å². The van der Waals surface area contributed by atoms with Crippen molar-refractivity contribution < 1.29 is 0 Å². The van der Waals surface area contributed by atoms with Gasteiger partial charge in [0, 0.05) is 12.2 Å². The Bertz CT molecular complexity index is 548. The highest BCUT2D eigenvalue weighted by molar-refractivity contribution is 7.99. The molecule has 5 nitrogen and oxygen atoms in total. The van der Waals surface area contributed by atoms with E-state index in [9.17, 15) is 0 Å². The molecule has 86 valence electrons. The van der Waals surface area contributed by atoms with Crippen LogP contribution in [0.5, 0.6) is 0 Å². The van der Waals surface area contributed by atoms with Crippen molar-refractivity contribution in [2.75, 3.05) is 5.75 Å². The van der Waals surface area contributed by atoms with Gasteiger partial charge in [0.15, 0.2) is 10.8 Å². The number of imidazole rings is 1. The van der Waals surface area contributed by atoms with Crippen molar-refractivity contribution >= 4 is 22.9 Å². The van der Waals surface area contributed by atoms with Gasteiger partial charge in [-0.05, 0) is 18.3 Å². The second-order valence-corrected chi connectivity index (χ2v) is 5.39. The molecule has 0 saturated heterocycles. The number of hydrogen-bond donors (Lipinski definition) is 1. The third kappa shape index (κ3) is 2.11. The standard InChI is InChI=1S/C11H11N5S/c12-4-3-11(1-2-11)6-17-10-15-8-5-13-7-14-9(8)16-10/h5,7H,1-3,6H2,(H,13,14,15,16). The Morgan fingerprint density at radius 3 is 3.12 bits per heavy atom. The van der Waals surface area contributed by atoms with E-state index in [1.54, 1.807) is 18.0 Å². The molecule has 0 aromatic carbocycles. The van der Waals surface area contributed by atoms with Gasteiger partial charge in [-0.25, -0.2) is 15.0 Å². The van der Waals surface area contributed by atoms with Crippen molar-refractivity contribution in [1.82, 2.24) is 19.9 Å². The summed E-state index contributed by atoms with van der Waals surface area (Å²) in [4.78, 5) is 15.6. The van der Waals surface area contributed by atoms with Crippen LogP contribution in [0.1, 0.15) is 19.3 Å². The molecule has 0 spiro atoms. The van der Waals surface area contributed by atoms with Crippen molar-refractivity contribution in [3.05, 3.63) is 12.5 Å². The Hall–Kier alpha value is -1.61. The molecule has 0 amide bonds. The first-order chi connectivity index (χ1) is 8.31. The van der Waals surface area contributed by atoms with Gasteiger partial charge in [-0.3, -0.25) is 0 Å². The third-order valence-electron chi connectivity index (χ3n) is 3.07. The fourth-order valence-electron chi connectivity index (χ4n) is 1.75. The molecule has 2 aromatic rings. The van der Waals surface area contributed by atoms with Gasteiger partial charge in [-0.15, -0.1) is 0 Å².